The lowest BCUT2D eigenvalue weighted by molar-refractivity contribution is -0.889. The summed E-state index contributed by atoms with van der Waals surface area (Å²) in [4.78, 5) is 36.4. The summed E-state index contributed by atoms with van der Waals surface area (Å²) in [5.74, 6) is -1.80. The van der Waals surface area contributed by atoms with Gasteiger partial charge in [0.2, 0.25) is 0 Å². The number of carboxylic acids is 1. The molecule has 8 nitrogen and oxygen atoms in total. The summed E-state index contributed by atoms with van der Waals surface area (Å²) in [5.41, 5.74) is 0. The highest BCUT2D eigenvalue weighted by Gasteiger charge is 2.25. The van der Waals surface area contributed by atoms with Crippen molar-refractivity contribution in [2.75, 3.05) is 41.0 Å². The first-order valence-corrected chi connectivity index (χ1v) is 17.0. The van der Waals surface area contributed by atoms with E-state index in [0.717, 1.165) is 57.8 Å². The van der Waals surface area contributed by atoms with Gasteiger partial charge < -0.3 is 28.6 Å². The molecule has 0 saturated carbocycles. The number of allylic oxidation sites excluding steroid dienone is 6. The average Bonchev–Trinajstić information content (AvgIpc) is 2.96. The molecule has 0 aromatic rings. The van der Waals surface area contributed by atoms with Crippen molar-refractivity contribution in [1.82, 2.24) is 0 Å². The van der Waals surface area contributed by atoms with Gasteiger partial charge in [-0.25, -0.2) is 0 Å². The van der Waals surface area contributed by atoms with Gasteiger partial charge in [-0.15, -0.1) is 0 Å². The van der Waals surface area contributed by atoms with Crippen molar-refractivity contribution in [3.63, 3.8) is 0 Å². The standard InChI is InChI=1S/C36H63NO7/c1-6-8-10-12-14-16-17-19-20-22-24-26-34(38)43-31-32(30-42-29-28-33(36(40)41)37(3,4)5)44-35(39)27-25-23-21-18-15-13-11-9-7-2/h9,11-12,14-15,18,32-33H,6-8,10,13,16-17,19-31H2,1-5H3/b11-9+,14-12+,18-15+. The van der Waals surface area contributed by atoms with Crippen molar-refractivity contribution in [2.45, 2.75) is 135 Å². The molecule has 2 unspecified atom stereocenters. The van der Waals surface area contributed by atoms with Gasteiger partial charge in [-0.2, -0.15) is 0 Å². The van der Waals surface area contributed by atoms with Crippen molar-refractivity contribution >= 4 is 17.9 Å². The first-order chi connectivity index (χ1) is 21.1. The quantitative estimate of drug-likeness (QED) is 0.0400. The Morgan fingerprint density at radius 1 is 0.705 bits per heavy atom. The average molecular weight is 622 g/mol. The number of carbonyl (C=O) groups excluding carboxylic acids is 3. The van der Waals surface area contributed by atoms with Crippen LogP contribution in [0.5, 0.6) is 0 Å². The summed E-state index contributed by atoms with van der Waals surface area (Å²) in [5, 5.41) is 11.5. The van der Waals surface area contributed by atoms with Crippen molar-refractivity contribution in [1.29, 1.82) is 0 Å². The molecule has 0 aliphatic rings. The van der Waals surface area contributed by atoms with Gasteiger partial charge in [0.05, 0.1) is 40.3 Å². The number of esters is 2. The molecule has 0 saturated heterocycles. The molecule has 0 spiro atoms. The molecular weight excluding hydrogens is 558 g/mol. The number of carbonyl (C=O) groups is 3. The molecule has 0 fully saturated rings. The zero-order valence-electron chi connectivity index (χ0n) is 28.6. The van der Waals surface area contributed by atoms with Gasteiger partial charge in [-0.05, 0) is 57.8 Å². The Balaban J connectivity index is 4.53. The van der Waals surface area contributed by atoms with Gasteiger partial charge in [-0.3, -0.25) is 9.59 Å². The minimum absolute atomic E-state index is 0.0246. The van der Waals surface area contributed by atoms with Crippen LogP contribution < -0.4 is 5.11 Å². The normalized spacial score (nSPS) is 13.6. The number of rotatable bonds is 29. The molecule has 0 rings (SSSR count). The lowest BCUT2D eigenvalue weighted by Gasteiger charge is -2.34. The number of hydrogen-bond acceptors (Lipinski definition) is 7. The Morgan fingerprint density at radius 3 is 1.93 bits per heavy atom. The fraction of sp³-hybridized carbons (Fsp3) is 0.750. The summed E-state index contributed by atoms with van der Waals surface area (Å²) in [7, 11) is 5.37. The Morgan fingerprint density at radius 2 is 1.27 bits per heavy atom. The van der Waals surface area contributed by atoms with Crippen LogP contribution in [0.3, 0.4) is 0 Å². The first-order valence-electron chi connectivity index (χ1n) is 17.0. The van der Waals surface area contributed by atoms with Crippen LogP contribution in [0, 0.1) is 0 Å². The van der Waals surface area contributed by atoms with Crippen molar-refractivity contribution < 1.29 is 38.2 Å². The molecular formula is C36H63NO7. The van der Waals surface area contributed by atoms with Crippen LogP contribution in [0.25, 0.3) is 0 Å². The fourth-order valence-electron chi connectivity index (χ4n) is 4.56. The maximum absolute atomic E-state index is 12.5. The van der Waals surface area contributed by atoms with Gasteiger partial charge in [0.25, 0.3) is 0 Å². The van der Waals surface area contributed by atoms with Crippen molar-refractivity contribution in [3.8, 4) is 0 Å². The lowest BCUT2D eigenvalue weighted by atomic mass is 10.1. The third kappa shape index (κ3) is 26.0. The molecule has 0 aromatic carbocycles. The van der Waals surface area contributed by atoms with Crippen LogP contribution in [0.15, 0.2) is 36.5 Å². The maximum Gasteiger partial charge on any atom is 0.306 e. The summed E-state index contributed by atoms with van der Waals surface area (Å²) in [6.07, 6.45) is 27.6. The van der Waals surface area contributed by atoms with E-state index in [0.29, 0.717) is 12.8 Å². The Kier molecular flexibility index (Phi) is 26.5. The number of ether oxygens (including phenoxy) is 3. The Bertz CT molecular complexity index is 829. The third-order valence-corrected chi connectivity index (χ3v) is 7.26. The Hall–Kier alpha value is -2.45. The van der Waals surface area contributed by atoms with Gasteiger partial charge in [-0.1, -0.05) is 82.4 Å². The van der Waals surface area contributed by atoms with E-state index < -0.39 is 18.1 Å². The van der Waals surface area contributed by atoms with Crippen LogP contribution in [-0.2, 0) is 28.6 Å². The second-order valence-corrected chi connectivity index (χ2v) is 12.4. The number of hydrogen-bond donors (Lipinski definition) is 0. The maximum atomic E-state index is 12.5. The highest BCUT2D eigenvalue weighted by molar-refractivity contribution is 5.70. The fourth-order valence-corrected chi connectivity index (χ4v) is 4.56. The molecule has 0 aliphatic heterocycles. The third-order valence-electron chi connectivity index (χ3n) is 7.26. The number of nitrogens with zero attached hydrogens (tertiary/aromatic N) is 1. The zero-order valence-corrected chi connectivity index (χ0v) is 28.6. The molecule has 0 bridgehead atoms. The number of carboxylic acid groups (broad SMARTS) is 1. The molecule has 0 aliphatic carbocycles. The van der Waals surface area contributed by atoms with E-state index in [1.54, 1.807) is 21.1 Å². The number of quaternary nitrogens is 1. The summed E-state index contributed by atoms with van der Waals surface area (Å²) in [6, 6.07) is -0.729. The summed E-state index contributed by atoms with van der Waals surface area (Å²) >= 11 is 0. The molecule has 2 atom stereocenters. The summed E-state index contributed by atoms with van der Waals surface area (Å²) < 4.78 is 16.9. The van der Waals surface area contributed by atoms with E-state index in [1.165, 1.54) is 25.7 Å². The van der Waals surface area contributed by atoms with Gasteiger partial charge in [0.15, 0.2) is 6.10 Å². The van der Waals surface area contributed by atoms with E-state index >= 15 is 0 Å². The topological polar surface area (TPSA) is 102 Å². The van der Waals surface area contributed by atoms with Crippen LogP contribution in [0.2, 0.25) is 0 Å². The van der Waals surface area contributed by atoms with E-state index in [4.69, 9.17) is 14.2 Å². The van der Waals surface area contributed by atoms with E-state index in [-0.39, 0.29) is 49.1 Å². The van der Waals surface area contributed by atoms with Crippen molar-refractivity contribution in [3.05, 3.63) is 36.5 Å². The van der Waals surface area contributed by atoms with E-state index in [1.807, 2.05) is 0 Å². The van der Waals surface area contributed by atoms with Crippen molar-refractivity contribution in [2.24, 2.45) is 0 Å². The molecule has 0 amide bonds. The van der Waals surface area contributed by atoms with Crippen LogP contribution in [0.1, 0.15) is 123 Å². The van der Waals surface area contributed by atoms with Gasteiger partial charge in [0.1, 0.15) is 12.6 Å². The SMILES string of the molecule is CC/C=C/C/C=C/CCCCC(=O)OC(COCCC(C(=O)[O-])[N+](C)(C)C)COC(=O)CCCCCCC/C=C/CCCC. The van der Waals surface area contributed by atoms with E-state index in [2.05, 4.69) is 50.3 Å². The highest BCUT2D eigenvalue weighted by atomic mass is 16.6. The Labute approximate surface area is 268 Å². The summed E-state index contributed by atoms with van der Waals surface area (Å²) in [6.45, 7) is 4.41. The van der Waals surface area contributed by atoms with Crippen LogP contribution in [-0.4, -0.2) is 75.5 Å². The largest absolute Gasteiger partial charge is 0.544 e. The molecule has 0 heterocycles. The van der Waals surface area contributed by atoms with Gasteiger partial charge in [0, 0.05) is 19.3 Å². The minimum Gasteiger partial charge on any atom is -0.544 e. The molecule has 0 N–H and O–H groups in total. The molecule has 0 aromatic heterocycles. The first kappa shape index (κ1) is 41.5. The van der Waals surface area contributed by atoms with E-state index in [9.17, 15) is 19.5 Å². The molecule has 44 heavy (non-hydrogen) atoms. The predicted octanol–water partition coefficient (Wildman–Crippen LogP) is 6.62. The number of aliphatic carboxylic acids is 1. The highest BCUT2D eigenvalue weighted by Crippen LogP contribution is 2.11. The monoisotopic (exact) mass is 621 g/mol. The molecule has 8 heteroatoms. The number of likely N-dealkylation sites (N-methyl/N-ethyl adjacent to an activating group) is 1. The second-order valence-electron chi connectivity index (χ2n) is 12.4. The van der Waals surface area contributed by atoms with Gasteiger partial charge >= 0.3 is 11.9 Å². The lowest BCUT2D eigenvalue weighted by Crippen LogP contribution is -2.55. The zero-order chi connectivity index (χ0) is 32.9. The van der Waals surface area contributed by atoms with Crippen LogP contribution in [0.4, 0.5) is 0 Å². The molecule has 0 radical (unpaired) electrons. The smallest absolute Gasteiger partial charge is 0.306 e. The second kappa shape index (κ2) is 28.1. The minimum atomic E-state index is -1.13. The number of unbranched alkanes of at least 4 members (excludes halogenated alkanes) is 9. The predicted molar refractivity (Wildman–Crippen MR) is 176 cm³/mol. The molecule has 254 valence electrons. The van der Waals surface area contributed by atoms with Crippen LogP contribution >= 0.6 is 0 Å².